The summed E-state index contributed by atoms with van der Waals surface area (Å²) in [7, 11) is 0. The van der Waals surface area contributed by atoms with Gasteiger partial charge in [-0.25, -0.2) is 4.98 Å². The SMILES string of the molecule is O=C(Cn1c(SC(F)F)nc2ccccc21)Nc1ccc(C(=O)N2CCCC2)cc1. The van der Waals surface area contributed by atoms with Crippen LogP contribution in [0.3, 0.4) is 0 Å². The van der Waals surface area contributed by atoms with E-state index in [-0.39, 0.29) is 23.5 Å². The molecule has 1 N–H and O–H groups in total. The topological polar surface area (TPSA) is 67.2 Å². The lowest BCUT2D eigenvalue weighted by Crippen LogP contribution is -2.27. The molecule has 2 heterocycles. The minimum atomic E-state index is -2.63. The lowest BCUT2D eigenvalue weighted by molar-refractivity contribution is -0.116. The summed E-state index contributed by atoms with van der Waals surface area (Å²) in [6.45, 7) is 1.40. The highest BCUT2D eigenvalue weighted by molar-refractivity contribution is 7.99. The zero-order valence-corrected chi connectivity index (χ0v) is 16.9. The highest BCUT2D eigenvalue weighted by Crippen LogP contribution is 2.28. The van der Waals surface area contributed by atoms with Crippen LogP contribution in [0, 0.1) is 0 Å². The normalized spacial score (nSPS) is 13.9. The number of amides is 2. The van der Waals surface area contributed by atoms with Crippen molar-refractivity contribution >= 4 is 40.3 Å². The van der Waals surface area contributed by atoms with Crippen LogP contribution in [0.4, 0.5) is 14.5 Å². The first kappa shape index (κ1) is 20.3. The van der Waals surface area contributed by atoms with Gasteiger partial charge in [-0.05, 0) is 61.0 Å². The Morgan fingerprint density at radius 2 is 1.77 bits per heavy atom. The van der Waals surface area contributed by atoms with E-state index in [0.717, 1.165) is 25.9 Å². The van der Waals surface area contributed by atoms with Crippen LogP contribution in [0.1, 0.15) is 23.2 Å². The molecule has 0 atom stereocenters. The lowest BCUT2D eigenvalue weighted by atomic mass is 10.2. The van der Waals surface area contributed by atoms with Crippen molar-refractivity contribution in [2.24, 2.45) is 0 Å². The number of imidazole rings is 1. The average molecular weight is 430 g/mol. The number of nitrogens with one attached hydrogen (secondary N) is 1. The summed E-state index contributed by atoms with van der Waals surface area (Å²) >= 11 is 0.313. The van der Waals surface area contributed by atoms with Crippen molar-refractivity contribution in [3.8, 4) is 0 Å². The molecule has 1 saturated heterocycles. The number of rotatable bonds is 6. The summed E-state index contributed by atoms with van der Waals surface area (Å²) in [6, 6.07) is 13.7. The molecule has 156 valence electrons. The van der Waals surface area contributed by atoms with Crippen LogP contribution in [0.15, 0.2) is 53.7 Å². The third-order valence-corrected chi connectivity index (χ3v) is 5.63. The van der Waals surface area contributed by atoms with E-state index in [4.69, 9.17) is 0 Å². The van der Waals surface area contributed by atoms with Gasteiger partial charge in [0, 0.05) is 24.3 Å². The third-order valence-electron chi connectivity index (χ3n) is 4.92. The maximum atomic E-state index is 12.9. The van der Waals surface area contributed by atoms with E-state index >= 15 is 0 Å². The highest BCUT2D eigenvalue weighted by Gasteiger charge is 2.20. The second-order valence-electron chi connectivity index (χ2n) is 6.97. The lowest BCUT2D eigenvalue weighted by Gasteiger charge is -2.15. The summed E-state index contributed by atoms with van der Waals surface area (Å²) in [4.78, 5) is 31.0. The number of fused-ring (bicyclic) bond motifs is 1. The number of likely N-dealkylation sites (tertiary alicyclic amines) is 1. The van der Waals surface area contributed by atoms with Crippen molar-refractivity contribution in [3.05, 3.63) is 54.1 Å². The van der Waals surface area contributed by atoms with Crippen LogP contribution < -0.4 is 5.32 Å². The van der Waals surface area contributed by atoms with Crippen LogP contribution in [-0.4, -0.2) is 45.1 Å². The van der Waals surface area contributed by atoms with Gasteiger partial charge in [-0.2, -0.15) is 8.78 Å². The standard InChI is InChI=1S/C21H20F2N4O2S/c22-20(23)30-21-25-16-5-1-2-6-17(16)27(21)13-18(28)24-15-9-7-14(8-10-15)19(29)26-11-3-4-12-26/h1-2,5-10,20H,3-4,11-13H2,(H,24,28). The summed E-state index contributed by atoms with van der Waals surface area (Å²) in [5, 5.41) is 2.84. The Balaban J connectivity index is 1.46. The fourth-order valence-corrected chi connectivity index (χ4v) is 4.12. The van der Waals surface area contributed by atoms with Gasteiger partial charge in [0.25, 0.3) is 11.7 Å². The zero-order valence-electron chi connectivity index (χ0n) is 16.1. The van der Waals surface area contributed by atoms with Gasteiger partial charge in [0.2, 0.25) is 5.91 Å². The van der Waals surface area contributed by atoms with Gasteiger partial charge in [0.1, 0.15) is 6.54 Å². The smallest absolute Gasteiger partial charge is 0.291 e. The van der Waals surface area contributed by atoms with Crippen molar-refractivity contribution < 1.29 is 18.4 Å². The number of carbonyl (C=O) groups is 2. The van der Waals surface area contributed by atoms with Crippen molar-refractivity contribution in [3.63, 3.8) is 0 Å². The van der Waals surface area contributed by atoms with Gasteiger partial charge in [0.15, 0.2) is 5.16 Å². The minimum absolute atomic E-state index is 0.0103. The van der Waals surface area contributed by atoms with Crippen LogP contribution in [0.25, 0.3) is 11.0 Å². The Kier molecular flexibility index (Phi) is 5.98. The Morgan fingerprint density at radius 3 is 2.47 bits per heavy atom. The summed E-state index contributed by atoms with van der Waals surface area (Å²) in [5.41, 5.74) is 2.28. The van der Waals surface area contributed by atoms with Crippen molar-refractivity contribution in [1.82, 2.24) is 14.5 Å². The molecule has 2 amide bonds. The first-order valence-corrected chi connectivity index (χ1v) is 10.5. The zero-order chi connectivity index (χ0) is 21.1. The number of hydrogen-bond acceptors (Lipinski definition) is 4. The van der Waals surface area contributed by atoms with E-state index in [9.17, 15) is 18.4 Å². The molecule has 30 heavy (non-hydrogen) atoms. The highest BCUT2D eigenvalue weighted by atomic mass is 32.2. The fraction of sp³-hybridized carbons (Fsp3) is 0.286. The molecule has 1 aliphatic heterocycles. The average Bonchev–Trinajstić information content (AvgIpc) is 3.37. The molecule has 1 aromatic heterocycles. The molecule has 2 aromatic carbocycles. The summed E-state index contributed by atoms with van der Waals surface area (Å²) in [6.07, 6.45) is 2.04. The molecule has 0 spiro atoms. The van der Waals surface area contributed by atoms with Gasteiger partial charge in [0.05, 0.1) is 11.0 Å². The predicted molar refractivity (Wildman–Crippen MR) is 112 cm³/mol. The van der Waals surface area contributed by atoms with E-state index in [2.05, 4.69) is 10.3 Å². The predicted octanol–water partition coefficient (Wildman–Crippen LogP) is 4.23. The molecule has 0 unspecified atom stereocenters. The van der Waals surface area contributed by atoms with E-state index < -0.39 is 5.76 Å². The first-order chi connectivity index (χ1) is 14.5. The number of nitrogens with zero attached hydrogens (tertiary/aromatic N) is 3. The molecule has 0 radical (unpaired) electrons. The number of thioether (sulfide) groups is 1. The molecule has 3 aromatic rings. The first-order valence-electron chi connectivity index (χ1n) is 9.60. The Labute approximate surface area is 176 Å². The Hall–Kier alpha value is -2.94. The molecule has 9 heteroatoms. The van der Waals surface area contributed by atoms with Crippen molar-refractivity contribution in [2.75, 3.05) is 18.4 Å². The van der Waals surface area contributed by atoms with Crippen LogP contribution in [0.2, 0.25) is 0 Å². The Bertz CT molecular complexity index is 1060. The molecule has 0 aliphatic carbocycles. The van der Waals surface area contributed by atoms with Gasteiger partial charge >= 0.3 is 0 Å². The molecule has 1 fully saturated rings. The Morgan fingerprint density at radius 1 is 1.07 bits per heavy atom. The van der Waals surface area contributed by atoms with Crippen LogP contribution >= 0.6 is 11.8 Å². The number of alkyl halides is 2. The number of para-hydroxylation sites is 2. The number of halogens is 2. The second-order valence-corrected chi connectivity index (χ2v) is 7.93. The molecule has 1 aliphatic rings. The largest absolute Gasteiger partial charge is 0.339 e. The molecule has 0 saturated carbocycles. The molecule has 6 nitrogen and oxygen atoms in total. The van der Waals surface area contributed by atoms with Crippen LogP contribution in [-0.2, 0) is 11.3 Å². The maximum absolute atomic E-state index is 12.9. The van der Waals surface area contributed by atoms with E-state index in [1.165, 1.54) is 4.57 Å². The second kappa shape index (κ2) is 8.83. The van der Waals surface area contributed by atoms with Crippen molar-refractivity contribution in [1.29, 1.82) is 0 Å². The number of benzene rings is 2. The van der Waals surface area contributed by atoms with E-state index in [1.54, 1.807) is 48.5 Å². The minimum Gasteiger partial charge on any atom is -0.339 e. The van der Waals surface area contributed by atoms with E-state index in [1.807, 2.05) is 4.90 Å². The van der Waals surface area contributed by atoms with Gasteiger partial charge < -0.3 is 14.8 Å². The van der Waals surface area contributed by atoms with Crippen LogP contribution in [0.5, 0.6) is 0 Å². The van der Waals surface area contributed by atoms with Gasteiger partial charge in [-0.15, -0.1) is 0 Å². The monoisotopic (exact) mass is 430 g/mol. The quantitative estimate of drug-likeness (QED) is 0.595. The van der Waals surface area contributed by atoms with E-state index in [0.29, 0.717) is 34.0 Å². The fourth-order valence-electron chi connectivity index (χ4n) is 3.52. The van der Waals surface area contributed by atoms with Crippen molar-refractivity contribution in [2.45, 2.75) is 30.3 Å². The summed E-state index contributed by atoms with van der Waals surface area (Å²) in [5.74, 6) is -3.01. The summed E-state index contributed by atoms with van der Waals surface area (Å²) < 4.78 is 27.3. The maximum Gasteiger partial charge on any atom is 0.291 e. The van der Waals surface area contributed by atoms with Gasteiger partial charge in [-0.3, -0.25) is 9.59 Å². The number of hydrogen-bond donors (Lipinski definition) is 1. The number of carbonyl (C=O) groups excluding carboxylic acids is 2. The molecule has 0 bridgehead atoms. The van der Waals surface area contributed by atoms with Gasteiger partial charge in [-0.1, -0.05) is 12.1 Å². The molecular weight excluding hydrogens is 410 g/mol. The molecular formula is C21H20F2N4O2S. The number of anilines is 1. The third kappa shape index (κ3) is 4.46. The molecule has 4 rings (SSSR count). The number of aromatic nitrogens is 2.